The second kappa shape index (κ2) is 8.64. The summed E-state index contributed by atoms with van der Waals surface area (Å²) in [5.74, 6) is 1.72. The van der Waals surface area contributed by atoms with Crippen LogP contribution in [-0.2, 0) is 13.6 Å². The molecular weight excluding hydrogens is 434 g/mol. The van der Waals surface area contributed by atoms with E-state index in [1.165, 1.54) is 34.9 Å². The summed E-state index contributed by atoms with van der Waals surface area (Å²) in [6.07, 6.45) is 6.48. The summed E-state index contributed by atoms with van der Waals surface area (Å²) < 4.78 is 3.77. The van der Waals surface area contributed by atoms with Gasteiger partial charge in [0, 0.05) is 42.5 Å². The van der Waals surface area contributed by atoms with Crippen LogP contribution in [0.3, 0.4) is 0 Å². The molecule has 5 heterocycles. The third-order valence-corrected chi connectivity index (χ3v) is 7.47. The minimum Gasteiger partial charge on any atom is -0.352 e. The van der Waals surface area contributed by atoms with Gasteiger partial charge in [-0.05, 0) is 80.1 Å². The predicted molar refractivity (Wildman–Crippen MR) is 140 cm³/mol. The van der Waals surface area contributed by atoms with Crippen molar-refractivity contribution in [1.29, 1.82) is 0 Å². The molecule has 1 aliphatic heterocycles. The van der Waals surface area contributed by atoms with Gasteiger partial charge in [-0.25, -0.2) is 9.50 Å². The molecule has 7 nitrogen and oxygen atoms in total. The number of aryl methyl sites for hydroxylation is 2. The molecule has 0 saturated carbocycles. The lowest BCUT2D eigenvalue weighted by molar-refractivity contribution is 0.204. The Morgan fingerprint density at radius 2 is 1.91 bits per heavy atom. The van der Waals surface area contributed by atoms with E-state index in [1.807, 2.05) is 40.6 Å². The average molecular weight is 468 g/mol. The van der Waals surface area contributed by atoms with E-state index in [0.717, 1.165) is 48.0 Å². The molecule has 1 saturated heterocycles. The zero-order chi connectivity index (χ0) is 24.1. The SMILES string of the molecule is Cc1nn(C)cc1CN1CCC(c2ccc3[nH]c(-c4nc5ccccn5n4)c(C(C)C)c3c2)CC1. The molecule has 35 heavy (non-hydrogen) atoms. The summed E-state index contributed by atoms with van der Waals surface area (Å²) in [5.41, 5.74) is 8.31. The van der Waals surface area contributed by atoms with Gasteiger partial charge in [0.15, 0.2) is 11.5 Å². The highest BCUT2D eigenvalue weighted by molar-refractivity contribution is 5.91. The van der Waals surface area contributed by atoms with Crippen molar-refractivity contribution in [3.8, 4) is 11.5 Å². The first-order chi connectivity index (χ1) is 17.0. The molecule has 180 valence electrons. The van der Waals surface area contributed by atoms with Crippen molar-refractivity contribution < 1.29 is 0 Å². The zero-order valence-electron chi connectivity index (χ0n) is 21.0. The monoisotopic (exact) mass is 467 g/mol. The molecule has 0 bridgehead atoms. The molecule has 1 fully saturated rings. The molecule has 1 aromatic carbocycles. The quantitative estimate of drug-likeness (QED) is 0.375. The maximum absolute atomic E-state index is 4.79. The van der Waals surface area contributed by atoms with Crippen molar-refractivity contribution in [2.24, 2.45) is 7.05 Å². The number of pyridine rings is 1. The maximum Gasteiger partial charge on any atom is 0.198 e. The van der Waals surface area contributed by atoms with Crippen LogP contribution in [0.5, 0.6) is 0 Å². The highest BCUT2D eigenvalue weighted by Gasteiger charge is 2.24. The van der Waals surface area contributed by atoms with Crippen molar-refractivity contribution in [3.63, 3.8) is 0 Å². The number of hydrogen-bond acceptors (Lipinski definition) is 4. The van der Waals surface area contributed by atoms with Gasteiger partial charge in [-0.2, -0.15) is 5.10 Å². The number of nitrogens with zero attached hydrogens (tertiary/aromatic N) is 6. The van der Waals surface area contributed by atoms with E-state index < -0.39 is 0 Å². The number of H-pyrrole nitrogens is 1. The van der Waals surface area contributed by atoms with Crippen LogP contribution in [0.1, 0.15) is 60.9 Å². The van der Waals surface area contributed by atoms with Gasteiger partial charge in [0.25, 0.3) is 0 Å². The van der Waals surface area contributed by atoms with Crippen LogP contribution >= 0.6 is 0 Å². The van der Waals surface area contributed by atoms with Crippen LogP contribution in [-0.4, -0.2) is 47.4 Å². The standard InChI is InChI=1S/C28H33N7/c1-18(2)26-23-15-21(20-10-13-34(14-11-20)17-22-16-33(4)31-19(22)3)8-9-24(23)29-27(26)28-30-25-7-5-6-12-35(25)32-28/h5-9,12,15-16,18,20,29H,10-11,13-14,17H2,1-4H3. The summed E-state index contributed by atoms with van der Waals surface area (Å²) in [7, 11) is 2.00. The highest BCUT2D eigenvalue weighted by atomic mass is 15.3. The lowest BCUT2D eigenvalue weighted by Crippen LogP contribution is -2.32. The first kappa shape index (κ1) is 22.0. The number of hydrogen-bond donors (Lipinski definition) is 1. The van der Waals surface area contributed by atoms with E-state index in [9.17, 15) is 0 Å². The number of likely N-dealkylation sites (tertiary alicyclic amines) is 1. The fraction of sp³-hybridized carbons (Fsp3) is 0.393. The Labute approximate surface area is 205 Å². The Kier molecular flexibility index (Phi) is 5.44. The zero-order valence-corrected chi connectivity index (χ0v) is 21.0. The predicted octanol–water partition coefficient (Wildman–Crippen LogP) is 5.42. The number of rotatable bonds is 5. The van der Waals surface area contributed by atoms with Gasteiger partial charge in [-0.3, -0.25) is 9.58 Å². The Hall–Kier alpha value is -3.45. The largest absolute Gasteiger partial charge is 0.352 e. The van der Waals surface area contributed by atoms with Crippen molar-refractivity contribution in [1.82, 2.24) is 34.3 Å². The Balaban J connectivity index is 1.27. The maximum atomic E-state index is 4.79. The van der Waals surface area contributed by atoms with Gasteiger partial charge >= 0.3 is 0 Å². The van der Waals surface area contributed by atoms with Gasteiger partial charge in [0.1, 0.15) is 0 Å². The molecule has 0 aliphatic carbocycles. The van der Waals surface area contributed by atoms with Crippen LogP contribution in [0.2, 0.25) is 0 Å². The van der Waals surface area contributed by atoms with Crippen molar-refractivity contribution >= 4 is 16.6 Å². The highest BCUT2D eigenvalue weighted by Crippen LogP contribution is 2.37. The van der Waals surface area contributed by atoms with Gasteiger partial charge in [0.05, 0.1) is 11.4 Å². The molecule has 4 aromatic heterocycles. The molecule has 0 atom stereocenters. The second-order valence-electron chi connectivity index (χ2n) is 10.3. The third-order valence-electron chi connectivity index (χ3n) is 7.47. The van der Waals surface area contributed by atoms with E-state index in [-0.39, 0.29) is 0 Å². The first-order valence-electron chi connectivity index (χ1n) is 12.6. The van der Waals surface area contributed by atoms with Crippen LogP contribution in [0.25, 0.3) is 28.1 Å². The summed E-state index contributed by atoms with van der Waals surface area (Å²) in [5, 5.41) is 10.6. The van der Waals surface area contributed by atoms with Gasteiger partial charge < -0.3 is 4.98 Å². The normalized spacial score (nSPS) is 15.7. The molecule has 0 spiro atoms. The smallest absolute Gasteiger partial charge is 0.198 e. The Morgan fingerprint density at radius 3 is 2.63 bits per heavy atom. The van der Waals surface area contributed by atoms with Crippen molar-refractivity contribution in [3.05, 3.63) is 71.2 Å². The van der Waals surface area contributed by atoms with E-state index in [0.29, 0.717) is 11.8 Å². The summed E-state index contributed by atoms with van der Waals surface area (Å²) in [6, 6.07) is 13.0. The molecule has 0 amide bonds. The van der Waals surface area contributed by atoms with Crippen molar-refractivity contribution in [2.75, 3.05) is 13.1 Å². The number of fused-ring (bicyclic) bond motifs is 2. The first-order valence-corrected chi connectivity index (χ1v) is 12.6. The van der Waals surface area contributed by atoms with Crippen LogP contribution in [0.4, 0.5) is 0 Å². The Morgan fingerprint density at radius 1 is 1.09 bits per heavy atom. The van der Waals surface area contributed by atoms with Gasteiger partial charge in [-0.1, -0.05) is 26.0 Å². The van der Waals surface area contributed by atoms with E-state index in [2.05, 4.69) is 60.1 Å². The number of piperidine rings is 1. The minimum absolute atomic E-state index is 0.366. The van der Waals surface area contributed by atoms with Gasteiger partial charge in [-0.15, -0.1) is 5.10 Å². The minimum atomic E-state index is 0.366. The lowest BCUT2D eigenvalue weighted by atomic mass is 9.87. The van der Waals surface area contributed by atoms with Gasteiger partial charge in [0.2, 0.25) is 0 Å². The van der Waals surface area contributed by atoms with Crippen molar-refractivity contribution in [2.45, 2.75) is 52.0 Å². The summed E-state index contributed by atoms with van der Waals surface area (Å²) in [6.45, 7) is 9.86. The molecule has 1 N–H and O–H groups in total. The van der Waals surface area contributed by atoms with E-state index >= 15 is 0 Å². The van der Waals surface area contributed by atoms with E-state index in [1.54, 1.807) is 0 Å². The number of nitrogens with one attached hydrogen (secondary N) is 1. The average Bonchev–Trinajstić information content (AvgIpc) is 3.53. The summed E-state index contributed by atoms with van der Waals surface area (Å²) in [4.78, 5) is 11.0. The summed E-state index contributed by atoms with van der Waals surface area (Å²) >= 11 is 0. The van der Waals surface area contributed by atoms with E-state index in [4.69, 9.17) is 10.1 Å². The molecule has 7 heteroatoms. The number of benzene rings is 1. The Bertz CT molecular complexity index is 1460. The third kappa shape index (κ3) is 4.04. The van der Waals surface area contributed by atoms with Crippen LogP contribution < -0.4 is 0 Å². The fourth-order valence-electron chi connectivity index (χ4n) is 5.67. The topological polar surface area (TPSA) is 67.0 Å². The molecule has 6 rings (SSSR count). The van der Waals surface area contributed by atoms with Crippen LogP contribution in [0, 0.1) is 6.92 Å². The molecule has 1 aliphatic rings. The number of aromatic nitrogens is 6. The van der Waals surface area contributed by atoms with Crippen LogP contribution in [0.15, 0.2) is 48.8 Å². The molecule has 0 radical (unpaired) electrons. The lowest BCUT2D eigenvalue weighted by Gasteiger charge is -2.32. The molecule has 5 aromatic rings. The molecular formula is C28H33N7. The fourth-order valence-corrected chi connectivity index (χ4v) is 5.67. The second-order valence-corrected chi connectivity index (χ2v) is 10.3. The number of aromatic amines is 1. The molecule has 0 unspecified atom stereocenters.